The van der Waals surface area contributed by atoms with Crippen molar-refractivity contribution >= 4 is 17.5 Å². The molecule has 1 fully saturated rings. The van der Waals surface area contributed by atoms with Crippen molar-refractivity contribution < 1.29 is 19.1 Å². The van der Waals surface area contributed by atoms with Crippen LogP contribution < -0.4 is 19.7 Å². The number of carbonyl (C=O) groups excluding carboxylic acids is 2. The lowest BCUT2D eigenvalue weighted by Gasteiger charge is -2.17. The quantitative estimate of drug-likeness (QED) is 0.883. The minimum atomic E-state index is -0.336. The van der Waals surface area contributed by atoms with E-state index in [2.05, 4.69) is 12.2 Å². The summed E-state index contributed by atoms with van der Waals surface area (Å²) in [5.41, 5.74) is 3.01. The summed E-state index contributed by atoms with van der Waals surface area (Å²) in [5.74, 6) is 0.962. The zero-order valence-corrected chi connectivity index (χ0v) is 15.2. The molecule has 6 nitrogen and oxygen atoms in total. The van der Waals surface area contributed by atoms with Gasteiger partial charge in [-0.25, -0.2) is 0 Å². The molecule has 2 aromatic rings. The number of hydrogen-bond acceptors (Lipinski definition) is 4. The summed E-state index contributed by atoms with van der Waals surface area (Å²) in [6, 6.07) is 13.5. The van der Waals surface area contributed by atoms with Gasteiger partial charge in [0, 0.05) is 25.2 Å². The Morgan fingerprint density at radius 3 is 2.63 bits per heavy atom. The fourth-order valence-corrected chi connectivity index (χ4v) is 3.43. The van der Waals surface area contributed by atoms with Gasteiger partial charge < -0.3 is 19.7 Å². The molecule has 1 saturated heterocycles. The third-order valence-electron chi connectivity index (χ3n) is 5.06. The zero-order valence-electron chi connectivity index (χ0n) is 15.2. The summed E-state index contributed by atoms with van der Waals surface area (Å²) in [6.07, 6.45) is 1.20. The van der Waals surface area contributed by atoms with E-state index in [1.807, 2.05) is 42.5 Å². The fraction of sp³-hybridized carbons (Fsp3) is 0.333. The van der Waals surface area contributed by atoms with E-state index in [0.29, 0.717) is 18.8 Å². The Hall–Kier alpha value is -3.02. The van der Waals surface area contributed by atoms with Crippen molar-refractivity contribution in [2.45, 2.75) is 26.3 Å². The molecule has 0 saturated carbocycles. The molecule has 1 N–H and O–H groups in total. The first-order valence-corrected chi connectivity index (χ1v) is 9.19. The molecule has 2 heterocycles. The number of benzene rings is 2. The van der Waals surface area contributed by atoms with Crippen LogP contribution in [-0.2, 0) is 22.6 Å². The average molecular weight is 366 g/mol. The van der Waals surface area contributed by atoms with Gasteiger partial charge >= 0.3 is 0 Å². The maximum absolute atomic E-state index is 12.5. The smallest absolute Gasteiger partial charge is 0.231 e. The lowest BCUT2D eigenvalue weighted by Crippen LogP contribution is -2.32. The molecule has 0 unspecified atom stereocenters. The molecule has 1 atom stereocenters. The maximum Gasteiger partial charge on any atom is 0.231 e. The summed E-state index contributed by atoms with van der Waals surface area (Å²) in [4.78, 5) is 26.6. The van der Waals surface area contributed by atoms with E-state index in [1.165, 1.54) is 5.56 Å². The maximum atomic E-state index is 12.5. The highest BCUT2D eigenvalue weighted by Crippen LogP contribution is 2.32. The lowest BCUT2D eigenvalue weighted by atomic mass is 10.1. The van der Waals surface area contributed by atoms with Gasteiger partial charge in [0.1, 0.15) is 0 Å². The van der Waals surface area contributed by atoms with Crippen molar-refractivity contribution in [1.29, 1.82) is 0 Å². The fourth-order valence-electron chi connectivity index (χ4n) is 3.43. The summed E-state index contributed by atoms with van der Waals surface area (Å²) in [6.45, 7) is 3.13. The molecule has 0 aliphatic carbocycles. The number of nitrogens with zero attached hydrogens (tertiary/aromatic N) is 1. The first kappa shape index (κ1) is 17.4. The molecule has 0 spiro atoms. The van der Waals surface area contributed by atoms with Gasteiger partial charge in [-0.1, -0.05) is 25.1 Å². The second-order valence-corrected chi connectivity index (χ2v) is 6.83. The molecule has 0 bridgehead atoms. The van der Waals surface area contributed by atoms with E-state index >= 15 is 0 Å². The summed E-state index contributed by atoms with van der Waals surface area (Å²) in [5, 5.41) is 2.93. The van der Waals surface area contributed by atoms with Gasteiger partial charge in [-0.2, -0.15) is 0 Å². The van der Waals surface area contributed by atoms with Gasteiger partial charge in [-0.05, 0) is 41.8 Å². The number of aryl methyl sites for hydroxylation is 1. The van der Waals surface area contributed by atoms with E-state index in [4.69, 9.17) is 9.47 Å². The van der Waals surface area contributed by atoms with Crippen LogP contribution in [0.5, 0.6) is 11.5 Å². The van der Waals surface area contributed by atoms with Crippen LogP contribution in [0.2, 0.25) is 0 Å². The van der Waals surface area contributed by atoms with Crippen LogP contribution in [0.4, 0.5) is 5.69 Å². The Labute approximate surface area is 158 Å². The number of amides is 2. The van der Waals surface area contributed by atoms with Gasteiger partial charge in [0.05, 0.1) is 5.92 Å². The van der Waals surface area contributed by atoms with E-state index < -0.39 is 0 Å². The summed E-state index contributed by atoms with van der Waals surface area (Å²) < 4.78 is 10.6. The van der Waals surface area contributed by atoms with Gasteiger partial charge in [0.15, 0.2) is 11.5 Å². The molecule has 2 aromatic carbocycles. The van der Waals surface area contributed by atoms with Crippen LogP contribution in [0.3, 0.4) is 0 Å². The normalized spacial score (nSPS) is 18.0. The molecule has 2 aliphatic heterocycles. The molecule has 0 radical (unpaired) electrons. The second-order valence-electron chi connectivity index (χ2n) is 6.83. The van der Waals surface area contributed by atoms with Crippen LogP contribution in [-0.4, -0.2) is 25.2 Å². The third-order valence-corrected chi connectivity index (χ3v) is 5.06. The molecule has 27 heavy (non-hydrogen) atoms. The van der Waals surface area contributed by atoms with Crippen LogP contribution in [0.25, 0.3) is 0 Å². The van der Waals surface area contributed by atoms with Crippen LogP contribution in [0.1, 0.15) is 24.5 Å². The predicted octanol–water partition coefficient (Wildman–Crippen LogP) is 2.65. The minimum absolute atomic E-state index is 0.0116. The van der Waals surface area contributed by atoms with Gasteiger partial charge in [-0.15, -0.1) is 0 Å². The molecule has 6 heteroatoms. The van der Waals surface area contributed by atoms with Crippen molar-refractivity contribution in [2.75, 3.05) is 18.2 Å². The molecular formula is C21H22N2O4. The van der Waals surface area contributed by atoms with E-state index in [1.54, 1.807) is 4.90 Å². The van der Waals surface area contributed by atoms with Gasteiger partial charge in [0.25, 0.3) is 0 Å². The largest absolute Gasteiger partial charge is 0.454 e. The van der Waals surface area contributed by atoms with Gasteiger partial charge in [0.2, 0.25) is 18.6 Å². The van der Waals surface area contributed by atoms with Gasteiger partial charge in [-0.3, -0.25) is 9.59 Å². The minimum Gasteiger partial charge on any atom is -0.454 e. The number of hydrogen-bond donors (Lipinski definition) is 1. The Bertz CT molecular complexity index is 863. The number of fused-ring (bicyclic) bond motifs is 1. The number of anilines is 1. The molecular weight excluding hydrogens is 344 g/mol. The molecule has 4 rings (SSSR count). The SMILES string of the molecule is CCc1ccc(N2C[C@@H](C(=O)NCc3ccc4c(c3)OCO4)CC2=O)cc1. The van der Waals surface area contributed by atoms with Crippen molar-refractivity contribution in [3.63, 3.8) is 0 Å². The topological polar surface area (TPSA) is 67.9 Å². The van der Waals surface area contributed by atoms with E-state index in [-0.39, 0.29) is 30.9 Å². The van der Waals surface area contributed by atoms with Crippen molar-refractivity contribution in [1.82, 2.24) is 5.32 Å². The van der Waals surface area contributed by atoms with Crippen LogP contribution in [0, 0.1) is 5.92 Å². The number of ether oxygens (including phenoxy) is 2. The Balaban J connectivity index is 1.36. The number of nitrogens with one attached hydrogen (secondary N) is 1. The molecule has 140 valence electrons. The third kappa shape index (κ3) is 3.60. The highest BCUT2D eigenvalue weighted by atomic mass is 16.7. The highest BCUT2D eigenvalue weighted by Gasteiger charge is 2.35. The first-order valence-electron chi connectivity index (χ1n) is 9.19. The highest BCUT2D eigenvalue weighted by molar-refractivity contribution is 6.00. The Morgan fingerprint density at radius 1 is 1.11 bits per heavy atom. The first-order chi connectivity index (χ1) is 13.1. The lowest BCUT2D eigenvalue weighted by molar-refractivity contribution is -0.126. The van der Waals surface area contributed by atoms with E-state index in [0.717, 1.165) is 23.4 Å². The number of carbonyl (C=O) groups is 2. The molecule has 0 aromatic heterocycles. The van der Waals surface area contributed by atoms with E-state index in [9.17, 15) is 9.59 Å². The zero-order chi connectivity index (χ0) is 18.8. The van der Waals surface area contributed by atoms with Crippen molar-refractivity contribution in [2.24, 2.45) is 5.92 Å². The monoisotopic (exact) mass is 366 g/mol. The van der Waals surface area contributed by atoms with Crippen molar-refractivity contribution in [3.05, 3.63) is 53.6 Å². The molecule has 2 amide bonds. The molecule has 2 aliphatic rings. The van der Waals surface area contributed by atoms with Crippen LogP contribution >= 0.6 is 0 Å². The second kappa shape index (κ2) is 7.31. The van der Waals surface area contributed by atoms with Crippen molar-refractivity contribution in [3.8, 4) is 11.5 Å². The summed E-state index contributed by atoms with van der Waals surface area (Å²) in [7, 11) is 0. The number of rotatable bonds is 5. The standard InChI is InChI=1S/C21H22N2O4/c1-2-14-3-6-17(7-4-14)23-12-16(10-20(23)24)21(25)22-11-15-5-8-18-19(9-15)27-13-26-18/h3-9,16H,2,10-13H2,1H3,(H,22,25)/t16-/m0/s1. The Kier molecular flexibility index (Phi) is 4.71. The van der Waals surface area contributed by atoms with Crippen LogP contribution in [0.15, 0.2) is 42.5 Å². The summed E-state index contributed by atoms with van der Waals surface area (Å²) >= 11 is 0. The predicted molar refractivity (Wildman–Crippen MR) is 101 cm³/mol. The average Bonchev–Trinajstić information content (AvgIpc) is 3.32. The Morgan fingerprint density at radius 2 is 1.85 bits per heavy atom.